The molecular formula is C13H15N3OS. The van der Waals surface area contributed by atoms with Gasteiger partial charge in [0.2, 0.25) is 5.91 Å². The highest BCUT2D eigenvalue weighted by Gasteiger charge is 2.07. The van der Waals surface area contributed by atoms with E-state index in [1.54, 1.807) is 42.6 Å². The van der Waals surface area contributed by atoms with Gasteiger partial charge in [0.05, 0.1) is 10.7 Å². The van der Waals surface area contributed by atoms with Crippen LogP contribution < -0.4 is 0 Å². The molecule has 4 nitrogen and oxygen atoms in total. The summed E-state index contributed by atoms with van der Waals surface area (Å²) in [5, 5.41) is 3.07. The first-order valence-electron chi connectivity index (χ1n) is 5.73. The van der Waals surface area contributed by atoms with Crippen molar-refractivity contribution in [1.29, 1.82) is 0 Å². The van der Waals surface area contributed by atoms with Gasteiger partial charge < -0.3 is 4.90 Å². The molecule has 0 radical (unpaired) electrons. The zero-order chi connectivity index (χ0) is 13.0. The second kappa shape index (κ2) is 5.73. The van der Waals surface area contributed by atoms with Gasteiger partial charge in [-0.05, 0) is 12.1 Å². The average molecular weight is 261 g/mol. The third kappa shape index (κ3) is 3.13. The van der Waals surface area contributed by atoms with Gasteiger partial charge in [0, 0.05) is 50.3 Å². The van der Waals surface area contributed by atoms with Crippen molar-refractivity contribution in [3.05, 3.63) is 34.9 Å². The highest BCUT2D eigenvalue weighted by Crippen LogP contribution is 2.21. The van der Waals surface area contributed by atoms with Crippen LogP contribution in [0.3, 0.4) is 0 Å². The van der Waals surface area contributed by atoms with Crippen LogP contribution in [0.15, 0.2) is 29.9 Å². The van der Waals surface area contributed by atoms with Gasteiger partial charge in [-0.15, -0.1) is 11.3 Å². The number of thiazole rings is 1. The summed E-state index contributed by atoms with van der Waals surface area (Å²) in [7, 11) is 1.80. The van der Waals surface area contributed by atoms with Gasteiger partial charge in [0.1, 0.15) is 0 Å². The molecule has 0 spiro atoms. The molecule has 0 aromatic carbocycles. The first-order chi connectivity index (χ1) is 8.66. The largest absolute Gasteiger partial charge is 0.346 e. The van der Waals surface area contributed by atoms with Gasteiger partial charge in [-0.2, -0.15) is 0 Å². The van der Waals surface area contributed by atoms with Crippen LogP contribution in [0.25, 0.3) is 11.3 Å². The predicted octanol–water partition coefficient (Wildman–Crippen LogP) is 2.23. The molecule has 0 saturated carbocycles. The van der Waals surface area contributed by atoms with E-state index in [1.807, 2.05) is 17.5 Å². The summed E-state index contributed by atoms with van der Waals surface area (Å²) in [6.45, 7) is 2.28. The average Bonchev–Trinajstić information content (AvgIpc) is 2.85. The fourth-order valence-electron chi connectivity index (χ4n) is 1.49. The molecule has 2 heterocycles. The number of aromatic nitrogens is 2. The van der Waals surface area contributed by atoms with Crippen molar-refractivity contribution in [2.75, 3.05) is 13.6 Å². The molecule has 1 amide bonds. The molecule has 5 heteroatoms. The Morgan fingerprint density at radius 3 is 3.00 bits per heavy atom. The summed E-state index contributed by atoms with van der Waals surface area (Å²) in [6, 6.07) is 3.89. The smallest absolute Gasteiger partial charge is 0.219 e. The third-order valence-electron chi connectivity index (χ3n) is 2.71. The zero-order valence-electron chi connectivity index (χ0n) is 10.5. The maximum absolute atomic E-state index is 11.1. The fourth-order valence-corrected chi connectivity index (χ4v) is 2.29. The molecule has 18 heavy (non-hydrogen) atoms. The minimum absolute atomic E-state index is 0.0824. The Morgan fingerprint density at radius 1 is 1.50 bits per heavy atom. The molecular weight excluding hydrogens is 246 g/mol. The number of amides is 1. The Morgan fingerprint density at radius 2 is 2.33 bits per heavy atom. The van der Waals surface area contributed by atoms with E-state index in [0.717, 1.165) is 22.7 Å². The van der Waals surface area contributed by atoms with Crippen molar-refractivity contribution >= 4 is 17.2 Å². The summed E-state index contributed by atoms with van der Waals surface area (Å²) < 4.78 is 0. The molecule has 0 aliphatic rings. The first kappa shape index (κ1) is 12.7. The molecule has 2 rings (SSSR count). The van der Waals surface area contributed by atoms with Crippen LogP contribution >= 0.6 is 11.3 Å². The van der Waals surface area contributed by atoms with Gasteiger partial charge in [0.25, 0.3) is 0 Å². The molecule has 0 fully saturated rings. The quantitative estimate of drug-likeness (QED) is 0.848. The number of hydrogen-bond acceptors (Lipinski definition) is 4. The maximum atomic E-state index is 11.1. The van der Waals surface area contributed by atoms with E-state index in [0.29, 0.717) is 6.54 Å². The Labute approximate surface area is 110 Å². The van der Waals surface area contributed by atoms with E-state index in [2.05, 4.69) is 9.97 Å². The molecule has 0 aliphatic heterocycles. The highest BCUT2D eigenvalue weighted by atomic mass is 32.1. The van der Waals surface area contributed by atoms with E-state index in [-0.39, 0.29) is 5.91 Å². The molecule has 0 atom stereocenters. The fraction of sp³-hybridized carbons (Fsp3) is 0.308. The molecule has 0 unspecified atom stereocenters. The number of rotatable bonds is 4. The Kier molecular flexibility index (Phi) is 4.04. The van der Waals surface area contributed by atoms with Crippen molar-refractivity contribution in [2.24, 2.45) is 0 Å². The molecule has 94 valence electrons. The van der Waals surface area contributed by atoms with E-state index < -0.39 is 0 Å². The van der Waals surface area contributed by atoms with Crippen molar-refractivity contribution in [3.8, 4) is 11.3 Å². The van der Waals surface area contributed by atoms with Gasteiger partial charge >= 0.3 is 0 Å². The lowest BCUT2D eigenvalue weighted by molar-refractivity contribution is -0.127. The topological polar surface area (TPSA) is 46.1 Å². The van der Waals surface area contributed by atoms with Gasteiger partial charge in [0.15, 0.2) is 0 Å². The van der Waals surface area contributed by atoms with Crippen LogP contribution in [0.1, 0.15) is 11.9 Å². The minimum Gasteiger partial charge on any atom is -0.346 e. The summed E-state index contributed by atoms with van der Waals surface area (Å²) >= 11 is 1.62. The minimum atomic E-state index is 0.0824. The molecule has 0 saturated heterocycles. The normalized spacial score (nSPS) is 10.3. The summed E-state index contributed by atoms with van der Waals surface area (Å²) in [5.74, 6) is 0.0824. The number of nitrogens with zero attached hydrogens (tertiary/aromatic N) is 3. The van der Waals surface area contributed by atoms with Gasteiger partial charge in [-0.1, -0.05) is 0 Å². The van der Waals surface area contributed by atoms with Crippen LogP contribution in [-0.2, 0) is 11.2 Å². The second-order valence-electron chi connectivity index (χ2n) is 4.06. The summed E-state index contributed by atoms with van der Waals surface area (Å²) in [6.07, 6.45) is 4.35. The molecule has 2 aromatic rings. The lowest BCUT2D eigenvalue weighted by Crippen LogP contribution is -2.26. The third-order valence-corrected chi connectivity index (χ3v) is 3.62. The highest BCUT2D eigenvalue weighted by molar-refractivity contribution is 7.09. The van der Waals surface area contributed by atoms with Crippen LogP contribution in [0.5, 0.6) is 0 Å². The molecule has 0 bridgehead atoms. The van der Waals surface area contributed by atoms with Crippen LogP contribution in [0.4, 0.5) is 0 Å². The Balaban J connectivity index is 2.01. The molecule has 0 N–H and O–H groups in total. The standard InChI is InChI=1S/C13H15N3OS/c1-10(17)16(2)7-5-13-15-12(9-18-13)11-4-3-6-14-8-11/h3-4,6,8-9H,5,7H2,1-2H3. The monoisotopic (exact) mass is 261 g/mol. The van der Waals surface area contributed by atoms with E-state index in [1.165, 1.54) is 0 Å². The van der Waals surface area contributed by atoms with Crippen LogP contribution in [0.2, 0.25) is 0 Å². The maximum Gasteiger partial charge on any atom is 0.219 e. The van der Waals surface area contributed by atoms with Crippen molar-refractivity contribution in [3.63, 3.8) is 0 Å². The number of pyridine rings is 1. The van der Waals surface area contributed by atoms with E-state index in [4.69, 9.17) is 0 Å². The van der Waals surface area contributed by atoms with Gasteiger partial charge in [-0.25, -0.2) is 4.98 Å². The molecule has 0 aliphatic carbocycles. The Hall–Kier alpha value is -1.75. The first-order valence-corrected chi connectivity index (χ1v) is 6.61. The lowest BCUT2D eigenvalue weighted by atomic mass is 10.2. The zero-order valence-corrected chi connectivity index (χ0v) is 11.3. The van der Waals surface area contributed by atoms with E-state index >= 15 is 0 Å². The van der Waals surface area contributed by atoms with Crippen molar-refractivity contribution in [2.45, 2.75) is 13.3 Å². The number of likely N-dealkylation sites (N-methyl/N-ethyl adjacent to an activating group) is 1. The van der Waals surface area contributed by atoms with Crippen molar-refractivity contribution in [1.82, 2.24) is 14.9 Å². The van der Waals surface area contributed by atoms with E-state index in [9.17, 15) is 4.79 Å². The summed E-state index contributed by atoms with van der Waals surface area (Å²) in [5.41, 5.74) is 1.98. The number of carbonyl (C=O) groups excluding carboxylic acids is 1. The lowest BCUT2D eigenvalue weighted by Gasteiger charge is -2.12. The molecule has 2 aromatic heterocycles. The number of hydrogen-bond donors (Lipinski definition) is 0. The Bertz CT molecular complexity index is 524. The second-order valence-corrected chi connectivity index (χ2v) is 5.00. The predicted molar refractivity (Wildman–Crippen MR) is 72.4 cm³/mol. The van der Waals surface area contributed by atoms with Crippen LogP contribution in [-0.4, -0.2) is 34.4 Å². The number of carbonyl (C=O) groups is 1. The van der Waals surface area contributed by atoms with Crippen LogP contribution in [0, 0.1) is 0 Å². The van der Waals surface area contributed by atoms with Crippen molar-refractivity contribution < 1.29 is 4.79 Å². The summed E-state index contributed by atoms with van der Waals surface area (Å²) in [4.78, 5) is 21.4. The van der Waals surface area contributed by atoms with Gasteiger partial charge in [-0.3, -0.25) is 9.78 Å². The SMILES string of the molecule is CC(=O)N(C)CCc1nc(-c2cccnc2)cs1.